The SMILES string of the molecule is c1ccc(-c2ccc3cc(C4=NC(c5cccc6oc7c(-c8cccc9c8oc8ccccc89)cccc7c56)NC(c5ccc6ccccc6c5)=N4)ccc3c2)cc1. The minimum atomic E-state index is -0.447. The molecule has 1 unspecified atom stereocenters. The summed E-state index contributed by atoms with van der Waals surface area (Å²) in [5.74, 6) is 1.44. The molecule has 1 atom stereocenters. The number of nitrogens with one attached hydrogen (secondary N) is 1. The number of hydrogen-bond acceptors (Lipinski definition) is 5. The molecule has 272 valence electrons. The van der Waals surface area contributed by atoms with Crippen molar-refractivity contribution >= 4 is 77.1 Å². The third-order valence-electron chi connectivity index (χ3n) is 11.5. The molecule has 9 aromatic carbocycles. The van der Waals surface area contributed by atoms with Crippen molar-refractivity contribution in [2.24, 2.45) is 9.98 Å². The minimum Gasteiger partial charge on any atom is -0.455 e. The Hall–Kier alpha value is -7.76. The summed E-state index contributed by atoms with van der Waals surface area (Å²) in [6.45, 7) is 0. The molecule has 0 saturated carbocycles. The van der Waals surface area contributed by atoms with Gasteiger partial charge in [0.15, 0.2) is 5.84 Å². The third-order valence-corrected chi connectivity index (χ3v) is 11.5. The Morgan fingerprint density at radius 1 is 0.414 bits per heavy atom. The maximum absolute atomic E-state index is 6.81. The van der Waals surface area contributed by atoms with Gasteiger partial charge in [-0.3, -0.25) is 0 Å². The average Bonchev–Trinajstić information content (AvgIpc) is 3.88. The van der Waals surface area contributed by atoms with Gasteiger partial charge in [-0.25, -0.2) is 9.98 Å². The second-order valence-corrected chi connectivity index (χ2v) is 14.9. The monoisotopic (exact) mass is 743 g/mol. The van der Waals surface area contributed by atoms with Crippen LogP contribution in [0.25, 0.3) is 87.7 Å². The maximum Gasteiger partial charge on any atom is 0.159 e. The zero-order chi connectivity index (χ0) is 38.2. The molecule has 0 aliphatic carbocycles. The van der Waals surface area contributed by atoms with Gasteiger partial charge in [-0.15, -0.1) is 0 Å². The van der Waals surface area contributed by atoms with E-state index in [-0.39, 0.29) is 0 Å². The van der Waals surface area contributed by atoms with Crippen molar-refractivity contribution in [2.75, 3.05) is 0 Å². The second kappa shape index (κ2) is 12.9. The minimum absolute atomic E-state index is 0.447. The summed E-state index contributed by atoms with van der Waals surface area (Å²) >= 11 is 0. The van der Waals surface area contributed by atoms with Crippen molar-refractivity contribution in [3.63, 3.8) is 0 Å². The summed E-state index contributed by atoms with van der Waals surface area (Å²) in [4.78, 5) is 10.6. The predicted molar refractivity (Wildman–Crippen MR) is 239 cm³/mol. The summed E-state index contributed by atoms with van der Waals surface area (Å²) in [6.07, 6.45) is -0.447. The zero-order valence-corrected chi connectivity index (χ0v) is 31.2. The number of hydrogen-bond donors (Lipinski definition) is 1. The Bertz CT molecular complexity index is 3500. The number of rotatable bonds is 5. The average molecular weight is 744 g/mol. The lowest BCUT2D eigenvalue weighted by atomic mass is 9.98. The molecule has 1 aliphatic rings. The Morgan fingerprint density at radius 2 is 1.00 bits per heavy atom. The van der Waals surface area contributed by atoms with Crippen LogP contribution in [-0.4, -0.2) is 11.7 Å². The first kappa shape index (κ1) is 32.5. The molecule has 0 amide bonds. The molecule has 0 saturated heterocycles. The van der Waals surface area contributed by atoms with Crippen LogP contribution in [0.4, 0.5) is 0 Å². The van der Waals surface area contributed by atoms with Crippen LogP contribution >= 0.6 is 0 Å². The van der Waals surface area contributed by atoms with E-state index in [0.717, 1.165) is 88.3 Å². The lowest BCUT2D eigenvalue weighted by molar-refractivity contribution is 0.661. The highest BCUT2D eigenvalue weighted by Crippen LogP contribution is 2.43. The highest BCUT2D eigenvalue weighted by Gasteiger charge is 2.26. The van der Waals surface area contributed by atoms with Crippen molar-refractivity contribution in [2.45, 2.75) is 6.17 Å². The van der Waals surface area contributed by atoms with Crippen molar-refractivity contribution in [3.05, 3.63) is 205 Å². The van der Waals surface area contributed by atoms with Crippen LogP contribution in [-0.2, 0) is 0 Å². The Kier molecular flexibility index (Phi) is 7.23. The summed E-state index contributed by atoms with van der Waals surface area (Å²) in [7, 11) is 0. The smallest absolute Gasteiger partial charge is 0.159 e. The van der Waals surface area contributed by atoms with E-state index in [9.17, 15) is 0 Å². The number of benzene rings is 9. The Morgan fingerprint density at radius 3 is 1.86 bits per heavy atom. The normalized spacial score (nSPS) is 14.4. The van der Waals surface area contributed by atoms with Crippen molar-refractivity contribution in [1.82, 2.24) is 5.32 Å². The van der Waals surface area contributed by atoms with E-state index in [1.165, 1.54) is 21.9 Å². The van der Waals surface area contributed by atoms with Crippen LogP contribution in [0.15, 0.2) is 207 Å². The first-order chi connectivity index (χ1) is 28.7. The summed E-state index contributed by atoms with van der Waals surface area (Å²) in [6, 6.07) is 65.7. The van der Waals surface area contributed by atoms with Crippen LogP contribution in [0.3, 0.4) is 0 Å². The fourth-order valence-corrected chi connectivity index (χ4v) is 8.69. The van der Waals surface area contributed by atoms with Gasteiger partial charge < -0.3 is 14.2 Å². The van der Waals surface area contributed by atoms with E-state index < -0.39 is 6.17 Å². The van der Waals surface area contributed by atoms with Gasteiger partial charge in [0.2, 0.25) is 0 Å². The van der Waals surface area contributed by atoms with E-state index in [4.69, 9.17) is 18.8 Å². The highest BCUT2D eigenvalue weighted by atomic mass is 16.3. The number of fused-ring (bicyclic) bond motifs is 8. The molecular formula is C53H33N3O2. The zero-order valence-electron chi connectivity index (χ0n) is 31.2. The first-order valence-electron chi connectivity index (χ1n) is 19.6. The van der Waals surface area contributed by atoms with Gasteiger partial charge in [-0.05, 0) is 63.0 Å². The van der Waals surface area contributed by atoms with Crippen molar-refractivity contribution in [1.29, 1.82) is 0 Å². The number of aliphatic imine (C=N–C) groups is 2. The molecule has 3 heterocycles. The van der Waals surface area contributed by atoms with Gasteiger partial charge in [0.1, 0.15) is 34.3 Å². The number of nitrogens with zero attached hydrogens (tertiary/aromatic N) is 2. The van der Waals surface area contributed by atoms with E-state index in [1.807, 2.05) is 24.3 Å². The molecule has 0 spiro atoms. The molecule has 1 aliphatic heterocycles. The van der Waals surface area contributed by atoms with E-state index >= 15 is 0 Å². The maximum atomic E-state index is 6.81. The number of para-hydroxylation sites is 3. The van der Waals surface area contributed by atoms with Crippen LogP contribution in [0.5, 0.6) is 0 Å². The van der Waals surface area contributed by atoms with E-state index in [1.54, 1.807) is 0 Å². The van der Waals surface area contributed by atoms with Crippen molar-refractivity contribution < 1.29 is 8.83 Å². The van der Waals surface area contributed by atoms with Crippen molar-refractivity contribution in [3.8, 4) is 22.3 Å². The van der Waals surface area contributed by atoms with Gasteiger partial charge in [0.05, 0.1) is 0 Å². The largest absolute Gasteiger partial charge is 0.455 e. The van der Waals surface area contributed by atoms with Gasteiger partial charge >= 0.3 is 0 Å². The first-order valence-corrected chi connectivity index (χ1v) is 19.6. The molecule has 5 heteroatoms. The topological polar surface area (TPSA) is 63.0 Å². The molecule has 0 bridgehead atoms. The van der Waals surface area contributed by atoms with Crippen LogP contribution in [0.2, 0.25) is 0 Å². The molecule has 11 aromatic rings. The summed E-state index contributed by atoms with van der Waals surface area (Å²) in [5.41, 5.74) is 10.6. The Balaban J connectivity index is 1.02. The quantitative estimate of drug-likeness (QED) is 0.191. The predicted octanol–water partition coefficient (Wildman–Crippen LogP) is 13.6. The molecule has 0 fully saturated rings. The molecule has 5 nitrogen and oxygen atoms in total. The number of furan rings is 2. The van der Waals surface area contributed by atoms with Gasteiger partial charge in [-0.2, -0.15) is 0 Å². The lowest BCUT2D eigenvalue weighted by Gasteiger charge is -2.24. The van der Waals surface area contributed by atoms with Crippen LogP contribution in [0, 0.1) is 0 Å². The van der Waals surface area contributed by atoms with Gasteiger partial charge in [0, 0.05) is 49.4 Å². The van der Waals surface area contributed by atoms with E-state index in [2.05, 4.69) is 169 Å². The molecule has 0 radical (unpaired) electrons. The summed E-state index contributed by atoms with van der Waals surface area (Å²) < 4.78 is 13.3. The third kappa shape index (κ3) is 5.25. The lowest BCUT2D eigenvalue weighted by Crippen LogP contribution is -2.33. The molecule has 2 aromatic heterocycles. The number of amidine groups is 2. The summed E-state index contributed by atoms with van der Waals surface area (Å²) in [5, 5.41) is 12.6. The standard InChI is InChI=1S/C53H33N3O2/c1-2-11-32(12-3-1)35-24-25-37-31-39(28-26-36(37)29-35)52-54-51(38-27-23-33-13-4-5-14-34(33)30-38)55-53(56-52)45-20-10-22-47-48(45)44-19-9-18-43(50(44)58-47)42-17-8-16-41-40-15-6-7-21-46(40)57-49(41)42/h1-31,53H,(H,54,55,56). The van der Waals surface area contributed by atoms with Gasteiger partial charge in [0.25, 0.3) is 0 Å². The molecule has 12 rings (SSSR count). The second-order valence-electron chi connectivity index (χ2n) is 14.9. The van der Waals surface area contributed by atoms with E-state index in [0.29, 0.717) is 5.84 Å². The fourth-order valence-electron chi connectivity index (χ4n) is 8.69. The molecule has 58 heavy (non-hydrogen) atoms. The fraction of sp³-hybridized carbons (Fsp3) is 0.0189. The molecular weight excluding hydrogens is 711 g/mol. The molecule has 1 N–H and O–H groups in total. The van der Waals surface area contributed by atoms with Crippen LogP contribution < -0.4 is 5.32 Å². The van der Waals surface area contributed by atoms with Crippen LogP contribution in [0.1, 0.15) is 22.9 Å². The Labute approximate surface area is 333 Å². The highest BCUT2D eigenvalue weighted by molar-refractivity contribution is 6.17. The van der Waals surface area contributed by atoms with Gasteiger partial charge in [-0.1, -0.05) is 158 Å².